The van der Waals surface area contributed by atoms with Crippen molar-refractivity contribution in [2.75, 3.05) is 39.7 Å². The molecular weight excluding hydrogens is 768 g/mol. The highest BCUT2D eigenvalue weighted by atomic mass is 28.3. The van der Waals surface area contributed by atoms with Crippen molar-refractivity contribution in [3.8, 4) is 34.5 Å². The van der Waals surface area contributed by atoms with E-state index in [1.54, 1.807) is 6.07 Å². The molecule has 1 fully saturated rings. The highest BCUT2D eigenvalue weighted by molar-refractivity contribution is 6.76. The van der Waals surface area contributed by atoms with Crippen LogP contribution in [0.2, 0.25) is 77.1 Å². The maximum Gasteiger partial charge on any atom is 0.189 e. The Balaban J connectivity index is 1.49. The molecule has 2 aromatic carbocycles. The number of rotatable bonds is 21. The van der Waals surface area contributed by atoms with Crippen LogP contribution in [0.15, 0.2) is 36.5 Å². The lowest BCUT2D eigenvalue weighted by Crippen LogP contribution is -2.32. The molecule has 0 bridgehead atoms. The number of hydrogen-bond acceptors (Lipinski definition) is 8. The van der Waals surface area contributed by atoms with Crippen molar-refractivity contribution in [1.82, 2.24) is 24.2 Å². The first kappa shape index (κ1) is 44.9. The van der Waals surface area contributed by atoms with Crippen LogP contribution in [0.4, 0.5) is 4.39 Å². The summed E-state index contributed by atoms with van der Waals surface area (Å²) in [5.41, 5.74) is 5.30. The molecule has 0 amide bonds. The minimum Gasteiger partial charge on any atom is -0.464 e. The van der Waals surface area contributed by atoms with E-state index in [1.165, 1.54) is 0 Å². The predicted molar refractivity (Wildman–Crippen MR) is 237 cm³/mol. The van der Waals surface area contributed by atoms with Gasteiger partial charge in [-0.3, -0.25) is 4.90 Å². The Morgan fingerprint density at radius 2 is 1.47 bits per heavy atom. The minimum atomic E-state index is -1.30. The quantitative estimate of drug-likeness (QED) is 0.0465. The van der Waals surface area contributed by atoms with E-state index in [4.69, 9.17) is 29.0 Å². The van der Waals surface area contributed by atoms with Crippen LogP contribution in [0.3, 0.4) is 0 Å². The number of piperidine rings is 1. The molecule has 1 aliphatic rings. The van der Waals surface area contributed by atoms with Crippen LogP contribution < -0.4 is 4.74 Å². The summed E-state index contributed by atoms with van der Waals surface area (Å²) in [6, 6.07) is 15.2. The summed E-state index contributed by atoms with van der Waals surface area (Å²) in [6.45, 7) is 28.2. The summed E-state index contributed by atoms with van der Waals surface area (Å²) in [5, 5.41) is 15.6. The highest BCUT2D eigenvalue weighted by Crippen LogP contribution is 2.36. The molecule has 0 radical (unpaired) electrons. The Hall–Kier alpha value is -3.17. The predicted octanol–water partition coefficient (Wildman–Crippen LogP) is 10.3. The number of likely N-dealkylation sites (tertiary alicyclic amines) is 1. The standard InChI is InChI=1S/C43H67FN6O4Si3/c1-11-34-25-41(54-32-53-20-23-57(8,9)10)39(44)26-38(34)35-12-13-37-40(24-35)50(31-52-19-22-56(5,6)7)47-42(37)43-46-36(28-48-16-14-33(27-45)15-17-48)29-49(43)30-51-18-21-55(2,3)4/h12-13,24-26,29,33H,11,14-23,28,30-32H2,1-10H3. The number of benzene rings is 2. The van der Waals surface area contributed by atoms with Crippen molar-refractivity contribution < 1.29 is 23.3 Å². The number of imidazole rings is 1. The van der Waals surface area contributed by atoms with Crippen LogP contribution in [-0.4, -0.2) is 88.2 Å². The van der Waals surface area contributed by atoms with Gasteiger partial charge in [-0.15, -0.1) is 0 Å². The van der Waals surface area contributed by atoms with Crippen molar-refractivity contribution in [3.63, 3.8) is 0 Å². The molecule has 10 nitrogen and oxygen atoms in total. The Kier molecular flexibility index (Phi) is 15.5. The van der Waals surface area contributed by atoms with Crippen LogP contribution in [-0.2, 0) is 40.6 Å². The monoisotopic (exact) mass is 834 g/mol. The fourth-order valence-corrected chi connectivity index (χ4v) is 9.04. The van der Waals surface area contributed by atoms with Gasteiger partial charge in [0.15, 0.2) is 24.2 Å². The zero-order valence-corrected chi connectivity index (χ0v) is 39.3. The van der Waals surface area contributed by atoms with Gasteiger partial charge in [-0.1, -0.05) is 71.9 Å². The lowest BCUT2D eigenvalue weighted by molar-refractivity contribution is 0.0197. The van der Waals surface area contributed by atoms with Crippen molar-refractivity contribution >= 4 is 35.1 Å². The fourth-order valence-electron chi connectivity index (χ4n) is 6.77. The number of fused-ring (bicyclic) bond motifs is 1. The Bertz CT molecular complexity index is 1970. The molecule has 0 atom stereocenters. The number of aryl methyl sites for hydroxylation is 1. The Labute approximate surface area is 343 Å². The lowest BCUT2D eigenvalue weighted by atomic mass is 9.96. The summed E-state index contributed by atoms with van der Waals surface area (Å²) in [5.74, 6) is 0.664. The molecule has 1 saturated heterocycles. The molecule has 57 heavy (non-hydrogen) atoms. The van der Waals surface area contributed by atoms with Gasteiger partial charge in [0.25, 0.3) is 0 Å². The fraction of sp³-hybridized carbons (Fsp3) is 0.605. The van der Waals surface area contributed by atoms with E-state index in [2.05, 4.69) is 106 Å². The van der Waals surface area contributed by atoms with E-state index in [9.17, 15) is 5.26 Å². The molecule has 5 rings (SSSR count). The van der Waals surface area contributed by atoms with Gasteiger partial charge in [-0.25, -0.2) is 14.1 Å². The average molecular weight is 835 g/mol. The van der Waals surface area contributed by atoms with Gasteiger partial charge < -0.3 is 23.5 Å². The number of nitrogens with zero attached hydrogens (tertiary/aromatic N) is 6. The van der Waals surface area contributed by atoms with Gasteiger partial charge in [0, 0.05) is 68.1 Å². The smallest absolute Gasteiger partial charge is 0.189 e. The second kappa shape index (κ2) is 19.7. The van der Waals surface area contributed by atoms with E-state index in [0.29, 0.717) is 39.5 Å². The first-order valence-electron chi connectivity index (χ1n) is 20.8. The SMILES string of the molecule is CCc1cc(OCOCC[Si](C)(C)C)c(F)cc1-c1ccc2c(-c3nc(CN4CCC(C#N)CC4)cn3COCC[Si](C)(C)C)nn(COCC[Si](C)(C)C)c2c1. The molecule has 0 unspecified atom stereocenters. The van der Waals surface area contributed by atoms with Gasteiger partial charge >= 0.3 is 0 Å². The highest BCUT2D eigenvalue weighted by Gasteiger charge is 2.24. The lowest BCUT2D eigenvalue weighted by Gasteiger charge is -2.28. The summed E-state index contributed by atoms with van der Waals surface area (Å²) >= 11 is 0. The third kappa shape index (κ3) is 13.4. The number of nitriles is 1. The zero-order chi connectivity index (χ0) is 41.4. The van der Waals surface area contributed by atoms with Gasteiger partial charge in [-0.2, -0.15) is 10.4 Å². The number of aromatic nitrogens is 4. The van der Waals surface area contributed by atoms with Crippen molar-refractivity contribution in [2.24, 2.45) is 5.92 Å². The molecule has 312 valence electrons. The van der Waals surface area contributed by atoms with E-state index in [0.717, 1.165) is 88.9 Å². The third-order valence-electron chi connectivity index (χ3n) is 10.5. The molecule has 3 heterocycles. The summed E-state index contributed by atoms with van der Waals surface area (Å²) < 4.78 is 43.8. The average Bonchev–Trinajstić information content (AvgIpc) is 3.71. The van der Waals surface area contributed by atoms with Crippen molar-refractivity contribution in [3.05, 3.63) is 53.6 Å². The molecule has 1 aliphatic heterocycles. The molecular formula is C43H67FN6O4Si3. The minimum absolute atomic E-state index is 0.0239. The first-order valence-corrected chi connectivity index (χ1v) is 31.9. The largest absolute Gasteiger partial charge is 0.464 e. The van der Waals surface area contributed by atoms with Crippen LogP contribution in [0.25, 0.3) is 33.5 Å². The van der Waals surface area contributed by atoms with Gasteiger partial charge in [-0.05, 0) is 91.4 Å². The molecule has 2 aromatic heterocycles. The molecule has 14 heteroatoms. The second-order valence-corrected chi connectivity index (χ2v) is 36.1. The maximum absolute atomic E-state index is 15.7. The molecule has 0 saturated carbocycles. The third-order valence-corrected chi connectivity index (χ3v) is 15.6. The van der Waals surface area contributed by atoms with Crippen LogP contribution in [0.5, 0.6) is 5.75 Å². The van der Waals surface area contributed by atoms with Crippen LogP contribution in [0.1, 0.15) is 31.0 Å². The summed E-state index contributed by atoms with van der Waals surface area (Å²) in [7, 11) is -3.80. The van der Waals surface area contributed by atoms with E-state index >= 15 is 4.39 Å². The second-order valence-electron chi connectivity index (χ2n) is 19.3. The van der Waals surface area contributed by atoms with Crippen molar-refractivity contribution in [2.45, 2.75) is 123 Å². The van der Waals surface area contributed by atoms with Crippen LogP contribution in [0, 0.1) is 23.1 Å². The molecule has 0 N–H and O–H groups in total. The normalized spacial score (nSPS) is 14.8. The van der Waals surface area contributed by atoms with Gasteiger partial charge in [0.1, 0.15) is 19.2 Å². The Morgan fingerprint density at radius 3 is 2.09 bits per heavy atom. The maximum atomic E-state index is 15.7. The van der Waals surface area contributed by atoms with Gasteiger partial charge in [0.2, 0.25) is 0 Å². The van der Waals surface area contributed by atoms with E-state index in [1.807, 2.05) is 10.7 Å². The summed E-state index contributed by atoms with van der Waals surface area (Å²) in [6.07, 6.45) is 4.56. The topological polar surface area (TPSA) is 99.6 Å². The number of hydrogen-bond donors (Lipinski definition) is 0. The molecule has 0 spiro atoms. The van der Waals surface area contributed by atoms with E-state index in [-0.39, 0.29) is 25.2 Å². The molecule has 0 aliphatic carbocycles. The van der Waals surface area contributed by atoms with E-state index < -0.39 is 30.0 Å². The molecule has 4 aromatic rings. The number of ether oxygens (including phenoxy) is 4. The first-order chi connectivity index (χ1) is 26.9. The van der Waals surface area contributed by atoms with Crippen LogP contribution >= 0.6 is 0 Å². The summed E-state index contributed by atoms with van der Waals surface area (Å²) in [4.78, 5) is 7.60. The Morgan fingerprint density at radius 1 is 0.842 bits per heavy atom. The number of halogens is 1. The van der Waals surface area contributed by atoms with Crippen molar-refractivity contribution in [1.29, 1.82) is 5.26 Å². The zero-order valence-electron chi connectivity index (χ0n) is 36.3. The van der Waals surface area contributed by atoms with Gasteiger partial charge in [0.05, 0.1) is 17.3 Å².